The lowest BCUT2D eigenvalue weighted by Gasteiger charge is -2.19. The Labute approximate surface area is 109 Å². The maximum absolute atomic E-state index is 14.2. The Kier molecular flexibility index (Phi) is 4.09. The van der Waals surface area contributed by atoms with Gasteiger partial charge in [-0.3, -0.25) is 0 Å². The average molecular weight is 267 g/mol. The highest BCUT2D eigenvalue weighted by molar-refractivity contribution is 7.08. The van der Waals surface area contributed by atoms with Gasteiger partial charge in [-0.15, -0.1) is 0 Å². The first kappa shape index (κ1) is 13.2. The number of hydrogen-bond acceptors (Lipinski definition) is 2. The van der Waals surface area contributed by atoms with Crippen LogP contribution in [0.1, 0.15) is 29.7 Å². The second-order valence-corrected chi connectivity index (χ2v) is 4.92. The third kappa shape index (κ3) is 2.44. The summed E-state index contributed by atoms with van der Waals surface area (Å²) in [6.45, 7) is 4.22. The van der Waals surface area contributed by atoms with Gasteiger partial charge < -0.3 is 5.32 Å². The van der Waals surface area contributed by atoms with Crippen molar-refractivity contribution in [1.29, 1.82) is 0 Å². The average Bonchev–Trinajstić information content (AvgIpc) is 2.87. The SMILES string of the molecule is CCNC(c1ccsc1)c1c(F)ccc(C)c1F. The molecule has 0 saturated carbocycles. The van der Waals surface area contributed by atoms with Crippen LogP contribution >= 0.6 is 11.3 Å². The number of nitrogens with one attached hydrogen (secondary N) is 1. The van der Waals surface area contributed by atoms with E-state index in [1.54, 1.807) is 6.92 Å². The highest BCUT2D eigenvalue weighted by atomic mass is 32.1. The van der Waals surface area contributed by atoms with Crippen LogP contribution in [-0.2, 0) is 0 Å². The molecule has 0 aliphatic rings. The third-order valence-electron chi connectivity index (χ3n) is 2.89. The minimum atomic E-state index is -0.504. The highest BCUT2D eigenvalue weighted by Crippen LogP contribution is 2.29. The summed E-state index contributed by atoms with van der Waals surface area (Å²) in [4.78, 5) is 0. The van der Waals surface area contributed by atoms with Crippen LogP contribution in [0.5, 0.6) is 0 Å². The van der Waals surface area contributed by atoms with Crippen LogP contribution in [-0.4, -0.2) is 6.54 Å². The van der Waals surface area contributed by atoms with Gasteiger partial charge in [0.05, 0.1) is 6.04 Å². The Hall–Kier alpha value is -1.26. The Balaban J connectivity index is 2.52. The van der Waals surface area contributed by atoms with Crippen molar-refractivity contribution in [2.75, 3.05) is 6.54 Å². The third-order valence-corrected chi connectivity index (χ3v) is 3.59. The number of rotatable bonds is 4. The van der Waals surface area contributed by atoms with E-state index in [4.69, 9.17) is 0 Å². The van der Waals surface area contributed by atoms with Crippen molar-refractivity contribution < 1.29 is 8.78 Å². The first-order chi connectivity index (χ1) is 8.65. The van der Waals surface area contributed by atoms with Crippen LogP contribution < -0.4 is 5.32 Å². The lowest BCUT2D eigenvalue weighted by Crippen LogP contribution is -2.24. The smallest absolute Gasteiger partial charge is 0.134 e. The van der Waals surface area contributed by atoms with E-state index in [-0.39, 0.29) is 5.56 Å². The Morgan fingerprint density at radius 2 is 2.06 bits per heavy atom. The molecule has 0 fully saturated rings. The molecule has 0 aliphatic heterocycles. The van der Waals surface area contributed by atoms with E-state index in [9.17, 15) is 8.78 Å². The zero-order chi connectivity index (χ0) is 13.1. The van der Waals surface area contributed by atoms with Crippen LogP contribution in [0.3, 0.4) is 0 Å². The van der Waals surface area contributed by atoms with Crippen molar-refractivity contribution in [3.8, 4) is 0 Å². The normalized spacial score (nSPS) is 12.7. The number of halogens is 2. The molecule has 4 heteroatoms. The summed E-state index contributed by atoms with van der Waals surface area (Å²) in [5, 5.41) is 6.96. The molecule has 18 heavy (non-hydrogen) atoms. The Morgan fingerprint density at radius 3 is 2.67 bits per heavy atom. The second-order valence-electron chi connectivity index (χ2n) is 4.14. The predicted molar refractivity (Wildman–Crippen MR) is 70.9 cm³/mol. The standard InChI is InChI=1S/C14H15F2NS/c1-3-17-14(10-6-7-18-8-10)12-11(15)5-4-9(2)13(12)16/h4-8,14,17H,3H2,1-2H3. The number of thiophene rings is 1. The summed E-state index contributed by atoms with van der Waals surface area (Å²) in [7, 11) is 0. The molecule has 1 unspecified atom stereocenters. The molecule has 0 saturated heterocycles. The van der Waals surface area contributed by atoms with Crippen molar-refractivity contribution in [2.24, 2.45) is 0 Å². The second kappa shape index (κ2) is 5.59. The fraction of sp³-hybridized carbons (Fsp3) is 0.286. The topological polar surface area (TPSA) is 12.0 Å². The van der Waals surface area contributed by atoms with Crippen LogP contribution in [0.2, 0.25) is 0 Å². The van der Waals surface area contributed by atoms with E-state index in [0.29, 0.717) is 12.1 Å². The van der Waals surface area contributed by atoms with Crippen molar-refractivity contribution in [1.82, 2.24) is 5.32 Å². The summed E-state index contributed by atoms with van der Waals surface area (Å²) in [6, 6.07) is 4.25. The molecule has 0 spiro atoms. The summed E-state index contributed by atoms with van der Waals surface area (Å²) in [5.74, 6) is -0.970. The monoisotopic (exact) mass is 267 g/mol. The molecule has 0 aliphatic carbocycles. The van der Waals surface area contributed by atoms with Crippen LogP contribution in [0.4, 0.5) is 8.78 Å². The molecule has 1 N–H and O–H groups in total. The van der Waals surface area contributed by atoms with Gasteiger partial charge in [-0.2, -0.15) is 11.3 Å². The molecule has 2 aromatic rings. The van der Waals surface area contributed by atoms with Crippen molar-refractivity contribution >= 4 is 11.3 Å². The fourth-order valence-corrected chi connectivity index (χ4v) is 2.66. The van der Waals surface area contributed by atoms with E-state index in [1.165, 1.54) is 23.5 Å². The molecule has 2 rings (SSSR count). The van der Waals surface area contributed by atoms with Gasteiger partial charge in [-0.05, 0) is 47.5 Å². The quantitative estimate of drug-likeness (QED) is 0.881. The van der Waals surface area contributed by atoms with Gasteiger partial charge >= 0.3 is 0 Å². The molecular weight excluding hydrogens is 252 g/mol. The Bertz CT molecular complexity index is 523. The summed E-state index contributed by atoms with van der Waals surface area (Å²) < 4.78 is 28.1. The predicted octanol–water partition coefficient (Wildman–Crippen LogP) is 4.03. The van der Waals surface area contributed by atoms with E-state index >= 15 is 0 Å². The van der Waals surface area contributed by atoms with Crippen LogP contribution in [0, 0.1) is 18.6 Å². The van der Waals surface area contributed by atoms with E-state index in [1.807, 2.05) is 23.8 Å². The highest BCUT2D eigenvalue weighted by Gasteiger charge is 2.22. The van der Waals surface area contributed by atoms with Crippen LogP contribution in [0.15, 0.2) is 29.0 Å². The summed E-state index contributed by atoms with van der Waals surface area (Å²) >= 11 is 1.52. The zero-order valence-electron chi connectivity index (χ0n) is 10.3. The van der Waals surface area contributed by atoms with Crippen molar-refractivity contribution in [3.63, 3.8) is 0 Å². The molecular formula is C14H15F2NS. The number of aryl methyl sites for hydroxylation is 1. The van der Waals surface area contributed by atoms with Gasteiger partial charge in [0.25, 0.3) is 0 Å². The molecule has 96 valence electrons. The number of hydrogen-bond donors (Lipinski definition) is 1. The molecule has 0 radical (unpaired) electrons. The fourth-order valence-electron chi connectivity index (χ4n) is 1.97. The lowest BCUT2D eigenvalue weighted by molar-refractivity contribution is 0.507. The first-order valence-electron chi connectivity index (χ1n) is 5.85. The maximum Gasteiger partial charge on any atom is 0.134 e. The lowest BCUT2D eigenvalue weighted by atomic mass is 9.98. The summed E-state index contributed by atoms with van der Waals surface area (Å²) in [5.41, 5.74) is 1.46. The maximum atomic E-state index is 14.2. The first-order valence-corrected chi connectivity index (χ1v) is 6.79. The molecule has 1 heterocycles. The molecule has 0 amide bonds. The van der Waals surface area contributed by atoms with E-state index < -0.39 is 17.7 Å². The van der Waals surface area contributed by atoms with Gasteiger partial charge in [0.2, 0.25) is 0 Å². The molecule has 1 aromatic carbocycles. The molecule has 0 bridgehead atoms. The zero-order valence-corrected chi connectivity index (χ0v) is 11.2. The van der Waals surface area contributed by atoms with Crippen molar-refractivity contribution in [3.05, 3.63) is 57.3 Å². The van der Waals surface area contributed by atoms with Crippen molar-refractivity contribution in [2.45, 2.75) is 19.9 Å². The molecule has 1 atom stereocenters. The minimum absolute atomic E-state index is 0.107. The van der Waals surface area contributed by atoms with Gasteiger partial charge in [0.15, 0.2) is 0 Å². The van der Waals surface area contributed by atoms with Crippen LogP contribution in [0.25, 0.3) is 0 Å². The minimum Gasteiger partial charge on any atom is -0.306 e. The molecule has 1 aromatic heterocycles. The van der Waals surface area contributed by atoms with Gasteiger partial charge in [-0.1, -0.05) is 13.0 Å². The number of benzene rings is 1. The van der Waals surface area contributed by atoms with E-state index in [2.05, 4.69) is 5.32 Å². The summed E-state index contributed by atoms with van der Waals surface area (Å²) in [6.07, 6.45) is 0. The van der Waals surface area contributed by atoms with Gasteiger partial charge in [-0.25, -0.2) is 8.78 Å². The largest absolute Gasteiger partial charge is 0.306 e. The van der Waals surface area contributed by atoms with Gasteiger partial charge in [0, 0.05) is 5.56 Å². The van der Waals surface area contributed by atoms with E-state index in [0.717, 1.165) is 5.56 Å². The Morgan fingerprint density at radius 1 is 1.28 bits per heavy atom. The molecule has 1 nitrogen and oxygen atoms in total. The van der Waals surface area contributed by atoms with Gasteiger partial charge in [0.1, 0.15) is 11.6 Å².